The van der Waals surface area contributed by atoms with Gasteiger partial charge >= 0.3 is 6.09 Å². The Kier molecular flexibility index (Phi) is 4.46. The maximum Gasteiger partial charge on any atom is 0.407 e. The van der Waals surface area contributed by atoms with Gasteiger partial charge in [-0.2, -0.15) is 0 Å². The van der Waals surface area contributed by atoms with Crippen LogP contribution in [-0.4, -0.2) is 43.5 Å². The first-order valence-electron chi connectivity index (χ1n) is 9.10. The summed E-state index contributed by atoms with van der Waals surface area (Å²) in [7, 11) is 0. The van der Waals surface area contributed by atoms with Gasteiger partial charge in [-0.1, -0.05) is 30.3 Å². The lowest BCUT2D eigenvalue weighted by atomic mass is 9.83. The van der Waals surface area contributed by atoms with E-state index in [1.54, 1.807) is 0 Å². The summed E-state index contributed by atoms with van der Waals surface area (Å²) in [5.74, 6) is 0.671. The Balaban J connectivity index is 1.27. The molecule has 4 rings (SSSR count). The largest absolute Gasteiger partial charge is 0.447 e. The van der Waals surface area contributed by atoms with Crippen molar-refractivity contribution < 1.29 is 14.3 Å². The molecular formula is C19H26N2O3. The number of carbonyl (C=O) groups excluding carboxylic acids is 1. The number of alkyl carbamates (subject to hydrolysis) is 1. The average molecular weight is 330 g/mol. The Labute approximate surface area is 143 Å². The molecule has 1 saturated carbocycles. The first-order chi connectivity index (χ1) is 11.8. The van der Waals surface area contributed by atoms with Gasteiger partial charge in [0.2, 0.25) is 0 Å². The highest BCUT2D eigenvalue weighted by molar-refractivity contribution is 5.71. The monoisotopic (exact) mass is 330 g/mol. The number of hydrogen-bond donors (Lipinski definition) is 2. The van der Waals surface area contributed by atoms with E-state index in [1.807, 2.05) is 0 Å². The number of carbonyl (C=O) groups is 1. The molecule has 24 heavy (non-hydrogen) atoms. The fourth-order valence-electron chi connectivity index (χ4n) is 4.37. The Hall–Kier alpha value is -1.59. The van der Waals surface area contributed by atoms with Crippen LogP contribution < -0.4 is 10.6 Å². The van der Waals surface area contributed by atoms with E-state index in [9.17, 15) is 4.79 Å². The van der Waals surface area contributed by atoms with Crippen LogP contribution in [0.4, 0.5) is 4.79 Å². The van der Waals surface area contributed by atoms with Gasteiger partial charge in [-0.25, -0.2) is 4.79 Å². The van der Waals surface area contributed by atoms with Crippen LogP contribution in [-0.2, 0) is 9.47 Å². The third-order valence-electron chi connectivity index (χ3n) is 5.88. The van der Waals surface area contributed by atoms with Gasteiger partial charge in [-0.3, -0.25) is 0 Å². The minimum absolute atomic E-state index is 0.149. The van der Waals surface area contributed by atoms with Crippen molar-refractivity contribution in [3.05, 3.63) is 35.9 Å². The summed E-state index contributed by atoms with van der Waals surface area (Å²) in [5.41, 5.74) is 1.19. The standard InChI is InChI=1S/C19H26N2O3/c22-18-21-19(13-24-18)10-11-20-17(19)12-23-16-8-6-15(7-9-16)14-4-2-1-3-5-14/h1-5,15-17,20H,6-13H2,(H,21,22). The third kappa shape index (κ3) is 3.15. The number of benzene rings is 1. The first kappa shape index (κ1) is 15.9. The van der Waals surface area contributed by atoms with E-state index in [2.05, 4.69) is 41.0 Å². The molecule has 2 N–H and O–H groups in total. The van der Waals surface area contributed by atoms with Crippen LogP contribution in [0.5, 0.6) is 0 Å². The van der Waals surface area contributed by atoms with E-state index < -0.39 is 0 Å². The molecule has 5 nitrogen and oxygen atoms in total. The first-order valence-corrected chi connectivity index (χ1v) is 9.10. The van der Waals surface area contributed by atoms with Crippen LogP contribution in [0.1, 0.15) is 43.6 Å². The second-order valence-electron chi connectivity index (χ2n) is 7.33. The molecule has 0 aromatic heterocycles. The lowest BCUT2D eigenvalue weighted by Gasteiger charge is -2.32. The summed E-state index contributed by atoms with van der Waals surface area (Å²) in [6.45, 7) is 2.00. The Morgan fingerprint density at radius 1 is 1.17 bits per heavy atom. The topological polar surface area (TPSA) is 59.6 Å². The van der Waals surface area contributed by atoms with Crippen molar-refractivity contribution in [3.8, 4) is 0 Å². The number of rotatable bonds is 4. The van der Waals surface area contributed by atoms with Gasteiger partial charge in [0, 0.05) is 0 Å². The maximum atomic E-state index is 11.4. The van der Waals surface area contributed by atoms with Gasteiger partial charge in [0.25, 0.3) is 0 Å². The molecule has 5 heteroatoms. The molecule has 1 amide bonds. The van der Waals surface area contributed by atoms with Crippen LogP contribution in [0.3, 0.4) is 0 Å². The Bertz CT molecular complexity index is 571. The van der Waals surface area contributed by atoms with E-state index in [0.717, 1.165) is 25.8 Å². The van der Waals surface area contributed by atoms with Gasteiger partial charge in [0.15, 0.2) is 0 Å². The zero-order valence-electron chi connectivity index (χ0n) is 14.0. The van der Waals surface area contributed by atoms with E-state index in [4.69, 9.17) is 9.47 Å². The van der Waals surface area contributed by atoms with Crippen LogP contribution in [0.25, 0.3) is 0 Å². The highest BCUT2D eigenvalue weighted by atomic mass is 16.6. The molecule has 2 heterocycles. The van der Waals surface area contributed by atoms with Crippen molar-refractivity contribution in [1.29, 1.82) is 0 Å². The maximum absolute atomic E-state index is 11.4. The van der Waals surface area contributed by atoms with E-state index in [-0.39, 0.29) is 17.7 Å². The van der Waals surface area contributed by atoms with Crippen LogP contribution in [0, 0.1) is 0 Å². The summed E-state index contributed by atoms with van der Waals surface area (Å²) >= 11 is 0. The number of nitrogens with one attached hydrogen (secondary N) is 2. The second kappa shape index (κ2) is 6.73. The van der Waals surface area contributed by atoms with Crippen molar-refractivity contribution in [2.24, 2.45) is 0 Å². The Morgan fingerprint density at radius 3 is 2.67 bits per heavy atom. The zero-order valence-corrected chi connectivity index (χ0v) is 14.0. The smallest absolute Gasteiger partial charge is 0.407 e. The summed E-state index contributed by atoms with van der Waals surface area (Å²) in [4.78, 5) is 11.4. The number of amides is 1. The third-order valence-corrected chi connectivity index (χ3v) is 5.88. The molecule has 1 aromatic rings. The molecule has 1 aliphatic carbocycles. The summed E-state index contributed by atoms with van der Waals surface area (Å²) in [5, 5.41) is 6.46. The fourth-order valence-corrected chi connectivity index (χ4v) is 4.37. The van der Waals surface area contributed by atoms with Crippen molar-refractivity contribution in [1.82, 2.24) is 10.6 Å². The quantitative estimate of drug-likeness (QED) is 0.891. The van der Waals surface area contributed by atoms with Gasteiger partial charge in [0.1, 0.15) is 6.61 Å². The fraction of sp³-hybridized carbons (Fsp3) is 0.632. The lowest BCUT2D eigenvalue weighted by molar-refractivity contribution is 0.00425. The molecule has 0 radical (unpaired) electrons. The van der Waals surface area contributed by atoms with Gasteiger partial charge in [0.05, 0.1) is 24.3 Å². The molecule has 2 atom stereocenters. The lowest BCUT2D eigenvalue weighted by Crippen LogP contribution is -2.55. The summed E-state index contributed by atoms with van der Waals surface area (Å²) < 4.78 is 11.3. The number of hydrogen-bond acceptors (Lipinski definition) is 4. The van der Waals surface area contributed by atoms with E-state index in [1.165, 1.54) is 18.4 Å². The molecule has 130 valence electrons. The Morgan fingerprint density at radius 2 is 1.96 bits per heavy atom. The molecule has 2 aliphatic heterocycles. The molecule has 2 saturated heterocycles. The van der Waals surface area contributed by atoms with Gasteiger partial charge in [-0.15, -0.1) is 0 Å². The van der Waals surface area contributed by atoms with Crippen LogP contribution in [0.15, 0.2) is 30.3 Å². The molecule has 1 aromatic carbocycles. The van der Waals surface area contributed by atoms with Crippen molar-refractivity contribution in [3.63, 3.8) is 0 Å². The molecule has 1 spiro atoms. The van der Waals surface area contributed by atoms with E-state index in [0.29, 0.717) is 25.2 Å². The number of cyclic esters (lactones) is 1. The number of ether oxygens (including phenoxy) is 2. The highest BCUT2D eigenvalue weighted by Crippen LogP contribution is 2.34. The summed E-state index contributed by atoms with van der Waals surface area (Å²) in [6.07, 6.45) is 5.56. The van der Waals surface area contributed by atoms with Gasteiger partial charge < -0.3 is 20.1 Å². The van der Waals surface area contributed by atoms with Crippen LogP contribution in [0.2, 0.25) is 0 Å². The van der Waals surface area contributed by atoms with Crippen molar-refractivity contribution >= 4 is 6.09 Å². The predicted molar refractivity (Wildman–Crippen MR) is 91.0 cm³/mol. The zero-order chi connectivity index (χ0) is 16.4. The predicted octanol–water partition coefficient (Wildman–Crippen LogP) is 2.57. The van der Waals surface area contributed by atoms with Gasteiger partial charge in [-0.05, 0) is 50.1 Å². The normalized spacial score (nSPS) is 35.8. The molecular weight excluding hydrogens is 304 g/mol. The van der Waals surface area contributed by atoms with Crippen molar-refractivity contribution in [2.45, 2.75) is 55.7 Å². The second-order valence-corrected chi connectivity index (χ2v) is 7.33. The van der Waals surface area contributed by atoms with Crippen LogP contribution >= 0.6 is 0 Å². The minimum atomic E-state index is -0.299. The van der Waals surface area contributed by atoms with Crippen molar-refractivity contribution in [2.75, 3.05) is 19.8 Å². The molecule has 2 unspecified atom stereocenters. The SMILES string of the molecule is O=C1NC2(CCNC2COC2CCC(c3ccccc3)CC2)CO1. The minimum Gasteiger partial charge on any atom is -0.447 e. The summed E-state index contributed by atoms with van der Waals surface area (Å²) in [6, 6.07) is 11.0. The molecule has 3 aliphatic rings. The highest BCUT2D eigenvalue weighted by Gasteiger charge is 2.49. The molecule has 0 bridgehead atoms. The van der Waals surface area contributed by atoms with E-state index >= 15 is 0 Å². The molecule has 3 fully saturated rings. The average Bonchev–Trinajstić information content (AvgIpc) is 3.20.